The third kappa shape index (κ3) is 2.58. The van der Waals surface area contributed by atoms with Gasteiger partial charge in [0.1, 0.15) is 0 Å². The molecule has 0 radical (unpaired) electrons. The summed E-state index contributed by atoms with van der Waals surface area (Å²) in [6.07, 6.45) is 1.01. The number of benzene rings is 1. The third-order valence-corrected chi connectivity index (χ3v) is 1.96. The van der Waals surface area contributed by atoms with Gasteiger partial charge in [-0.3, -0.25) is 4.79 Å². The van der Waals surface area contributed by atoms with Gasteiger partial charge in [-0.15, -0.1) is 0 Å². The number of hydrogen-bond acceptors (Lipinski definition) is 1. The molecule has 1 N–H and O–H groups in total. The Kier molecular flexibility index (Phi) is 3.50. The van der Waals surface area contributed by atoms with Crippen molar-refractivity contribution < 1.29 is 4.79 Å². The van der Waals surface area contributed by atoms with Gasteiger partial charge in [0, 0.05) is 12.1 Å². The molecule has 0 aliphatic heterocycles. The fourth-order valence-corrected chi connectivity index (χ4v) is 1.15. The van der Waals surface area contributed by atoms with E-state index in [2.05, 4.69) is 12.2 Å². The highest BCUT2D eigenvalue weighted by atomic mass is 16.1. The molecular weight excluding hydrogens is 162 g/mol. The van der Waals surface area contributed by atoms with E-state index in [0.29, 0.717) is 6.54 Å². The van der Waals surface area contributed by atoms with Crippen molar-refractivity contribution in [1.82, 2.24) is 5.32 Å². The minimum Gasteiger partial charge on any atom is -0.352 e. The molecule has 0 aliphatic carbocycles. The second kappa shape index (κ2) is 4.65. The lowest BCUT2D eigenvalue weighted by Gasteiger charge is -2.02. The molecular formula is C11H15NO. The molecule has 1 aromatic rings. The Morgan fingerprint density at radius 3 is 2.31 bits per heavy atom. The van der Waals surface area contributed by atoms with E-state index >= 15 is 0 Å². The van der Waals surface area contributed by atoms with E-state index in [-0.39, 0.29) is 5.91 Å². The molecule has 0 saturated carbocycles. The number of nitrogens with one attached hydrogen (secondary N) is 1. The monoisotopic (exact) mass is 177 g/mol. The number of carbonyl (C=O) groups excluding carboxylic acids is 1. The third-order valence-electron chi connectivity index (χ3n) is 1.96. The zero-order valence-corrected chi connectivity index (χ0v) is 8.13. The van der Waals surface area contributed by atoms with Crippen molar-refractivity contribution >= 4 is 5.91 Å². The summed E-state index contributed by atoms with van der Waals surface area (Å²) in [5.41, 5.74) is 1.99. The summed E-state index contributed by atoms with van der Waals surface area (Å²) in [6, 6.07) is 7.71. The van der Waals surface area contributed by atoms with E-state index in [0.717, 1.165) is 12.0 Å². The summed E-state index contributed by atoms with van der Waals surface area (Å²) in [6.45, 7) is 4.69. The van der Waals surface area contributed by atoms with Crippen LogP contribution in [0.1, 0.15) is 29.8 Å². The van der Waals surface area contributed by atoms with Crippen molar-refractivity contribution in [1.29, 1.82) is 0 Å². The fourth-order valence-electron chi connectivity index (χ4n) is 1.15. The fraction of sp³-hybridized carbons (Fsp3) is 0.364. The van der Waals surface area contributed by atoms with Crippen molar-refractivity contribution in [3.05, 3.63) is 35.4 Å². The molecule has 0 heterocycles. The molecule has 1 aromatic carbocycles. The first-order chi connectivity index (χ1) is 6.27. The van der Waals surface area contributed by atoms with Crippen LogP contribution in [0.3, 0.4) is 0 Å². The summed E-state index contributed by atoms with van der Waals surface area (Å²) in [7, 11) is 0. The van der Waals surface area contributed by atoms with Crippen LogP contribution in [-0.2, 0) is 6.42 Å². The number of aryl methyl sites for hydroxylation is 1. The summed E-state index contributed by atoms with van der Waals surface area (Å²) >= 11 is 0. The van der Waals surface area contributed by atoms with Gasteiger partial charge in [-0.2, -0.15) is 0 Å². The molecule has 0 fully saturated rings. The van der Waals surface area contributed by atoms with Crippen LogP contribution in [0.5, 0.6) is 0 Å². The molecule has 0 spiro atoms. The van der Waals surface area contributed by atoms with Gasteiger partial charge in [-0.1, -0.05) is 19.1 Å². The smallest absolute Gasteiger partial charge is 0.251 e. The van der Waals surface area contributed by atoms with Gasteiger partial charge in [-0.25, -0.2) is 0 Å². The second-order valence-corrected chi connectivity index (χ2v) is 2.91. The Balaban J connectivity index is 2.74. The number of amides is 1. The summed E-state index contributed by atoms with van der Waals surface area (Å²) in [4.78, 5) is 11.3. The van der Waals surface area contributed by atoms with Crippen molar-refractivity contribution in [2.45, 2.75) is 20.3 Å². The number of carbonyl (C=O) groups is 1. The van der Waals surface area contributed by atoms with Crippen LogP contribution in [0.2, 0.25) is 0 Å². The van der Waals surface area contributed by atoms with Crippen LogP contribution >= 0.6 is 0 Å². The molecule has 2 nitrogen and oxygen atoms in total. The highest BCUT2D eigenvalue weighted by Gasteiger charge is 2.01. The topological polar surface area (TPSA) is 29.1 Å². The van der Waals surface area contributed by atoms with E-state index in [1.807, 2.05) is 31.2 Å². The van der Waals surface area contributed by atoms with Crippen LogP contribution in [-0.4, -0.2) is 12.5 Å². The van der Waals surface area contributed by atoms with Gasteiger partial charge in [0.25, 0.3) is 5.91 Å². The standard InChI is InChI=1S/C11H15NO/c1-3-9-5-7-10(8-6-9)11(13)12-4-2/h5-8H,3-4H2,1-2H3,(H,12,13). The van der Waals surface area contributed by atoms with Gasteiger partial charge in [-0.05, 0) is 31.0 Å². The molecule has 70 valence electrons. The molecule has 0 aromatic heterocycles. The number of rotatable bonds is 3. The van der Waals surface area contributed by atoms with Gasteiger partial charge in [0.05, 0.1) is 0 Å². The van der Waals surface area contributed by atoms with Crippen LogP contribution in [0.15, 0.2) is 24.3 Å². The molecule has 0 aliphatic rings. The van der Waals surface area contributed by atoms with Crippen molar-refractivity contribution in [2.75, 3.05) is 6.54 Å². The maximum atomic E-state index is 11.3. The second-order valence-electron chi connectivity index (χ2n) is 2.91. The van der Waals surface area contributed by atoms with Gasteiger partial charge in [0.2, 0.25) is 0 Å². The predicted molar refractivity (Wildman–Crippen MR) is 53.8 cm³/mol. The quantitative estimate of drug-likeness (QED) is 0.751. The Hall–Kier alpha value is -1.31. The van der Waals surface area contributed by atoms with E-state index < -0.39 is 0 Å². The number of hydrogen-bond donors (Lipinski definition) is 1. The summed E-state index contributed by atoms with van der Waals surface area (Å²) in [5.74, 6) is 0.00477. The molecule has 0 saturated heterocycles. The highest BCUT2D eigenvalue weighted by molar-refractivity contribution is 5.94. The van der Waals surface area contributed by atoms with E-state index in [4.69, 9.17) is 0 Å². The van der Waals surface area contributed by atoms with E-state index in [9.17, 15) is 4.79 Å². The molecule has 13 heavy (non-hydrogen) atoms. The van der Waals surface area contributed by atoms with Crippen LogP contribution in [0.4, 0.5) is 0 Å². The molecule has 0 unspecified atom stereocenters. The first-order valence-electron chi connectivity index (χ1n) is 4.65. The van der Waals surface area contributed by atoms with Gasteiger partial charge < -0.3 is 5.32 Å². The molecule has 1 rings (SSSR count). The van der Waals surface area contributed by atoms with Crippen molar-refractivity contribution in [3.63, 3.8) is 0 Å². The Labute approximate surface area is 79.0 Å². The normalized spacial score (nSPS) is 9.69. The molecule has 1 amide bonds. The lowest BCUT2D eigenvalue weighted by Crippen LogP contribution is -2.22. The average Bonchev–Trinajstić information content (AvgIpc) is 2.18. The first-order valence-corrected chi connectivity index (χ1v) is 4.65. The van der Waals surface area contributed by atoms with Crippen LogP contribution < -0.4 is 5.32 Å². The Morgan fingerprint density at radius 1 is 1.23 bits per heavy atom. The largest absolute Gasteiger partial charge is 0.352 e. The predicted octanol–water partition coefficient (Wildman–Crippen LogP) is 2.00. The SMILES string of the molecule is CCNC(=O)c1ccc(CC)cc1. The minimum atomic E-state index is 0.00477. The zero-order valence-electron chi connectivity index (χ0n) is 8.13. The minimum absolute atomic E-state index is 0.00477. The van der Waals surface area contributed by atoms with Crippen molar-refractivity contribution in [3.8, 4) is 0 Å². The highest BCUT2D eigenvalue weighted by Crippen LogP contribution is 2.04. The first kappa shape index (κ1) is 9.78. The molecule has 2 heteroatoms. The average molecular weight is 177 g/mol. The molecule has 0 atom stereocenters. The van der Waals surface area contributed by atoms with E-state index in [1.54, 1.807) is 0 Å². The van der Waals surface area contributed by atoms with Gasteiger partial charge in [0.15, 0.2) is 0 Å². The summed E-state index contributed by atoms with van der Waals surface area (Å²) in [5, 5.41) is 2.76. The maximum Gasteiger partial charge on any atom is 0.251 e. The summed E-state index contributed by atoms with van der Waals surface area (Å²) < 4.78 is 0. The Morgan fingerprint density at radius 2 is 1.85 bits per heavy atom. The van der Waals surface area contributed by atoms with Gasteiger partial charge >= 0.3 is 0 Å². The zero-order chi connectivity index (χ0) is 9.68. The van der Waals surface area contributed by atoms with Crippen LogP contribution in [0, 0.1) is 0 Å². The lowest BCUT2D eigenvalue weighted by atomic mass is 10.1. The van der Waals surface area contributed by atoms with Crippen LogP contribution in [0.25, 0.3) is 0 Å². The maximum absolute atomic E-state index is 11.3. The Bertz CT molecular complexity index is 277. The molecule has 0 bridgehead atoms. The van der Waals surface area contributed by atoms with Crippen molar-refractivity contribution in [2.24, 2.45) is 0 Å². The lowest BCUT2D eigenvalue weighted by molar-refractivity contribution is 0.0956. The van der Waals surface area contributed by atoms with E-state index in [1.165, 1.54) is 5.56 Å².